The minimum Gasteiger partial charge on any atom is -0.471 e. The Bertz CT molecular complexity index is 775. The zero-order valence-electron chi connectivity index (χ0n) is 13.7. The van der Waals surface area contributed by atoms with Crippen LogP contribution in [0.3, 0.4) is 0 Å². The molecular weight excluding hydrogens is 333 g/mol. The van der Waals surface area contributed by atoms with Gasteiger partial charge in [0, 0.05) is 6.20 Å². The molecule has 1 aromatic carbocycles. The second kappa shape index (κ2) is 6.38. The van der Waals surface area contributed by atoms with Crippen molar-refractivity contribution in [1.29, 1.82) is 0 Å². The van der Waals surface area contributed by atoms with Crippen molar-refractivity contribution in [3.05, 3.63) is 53.7 Å². The van der Waals surface area contributed by atoms with Gasteiger partial charge in [0.15, 0.2) is 0 Å². The molecule has 1 aromatic heterocycles. The third kappa shape index (κ3) is 3.45. The fourth-order valence-electron chi connectivity index (χ4n) is 2.81. The van der Waals surface area contributed by atoms with Gasteiger partial charge in [-0.25, -0.2) is 4.98 Å². The number of aromatic nitrogens is 1. The molecule has 3 rings (SSSR count). The van der Waals surface area contributed by atoms with E-state index in [9.17, 15) is 18.0 Å². The highest BCUT2D eigenvalue weighted by atomic mass is 19.4. The maximum absolute atomic E-state index is 12.9. The minimum absolute atomic E-state index is 0.204. The van der Waals surface area contributed by atoms with E-state index in [2.05, 4.69) is 4.98 Å². The first-order valence-corrected chi connectivity index (χ1v) is 7.87. The Hall–Kier alpha value is -2.57. The van der Waals surface area contributed by atoms with Gasteiger partial charge in [-0.15, -0.1) is 0 Å². The molecule has 2 atom stereocenters. The summed E-state index contributed by atoms with van der Waals surface area (Å²) in [5.74, 6) is -0.404. The lowest BCUT2D eigenvalue weighted by Crippen LogP contribution is -2.44. The molecule has 7 heteroatoms. The first kappa shape index (κ1) is 17.3. The summed E-state index contributed by atoms with van der Waals surface area (Å²) in [6, 6.07) is 8.14. The van der Waals surface area contributed by atoms with Crippen LogP contribution >= 0.6 is 0 Å². The van der Waals surface area contributed by atoms with E-state index in [0.717, 1.165) is 12.1 Å². The van der Waals surface area contributed by atoms with Crippen LogP contribution in [-0.4, -0.2) is 23.5 Å². The van der Waals surface area contributed by atoms with E-state index in [1.807, 2.05) is 6.92 Å². The van der Waals surface area contributed by atoms with Crippen LogP contribution in [0, 0.1) is 0 Å². The molecule has 132 valence electrons. The summed E-state index contributed by atoms with van der Waals surface area (Å²) >= 11 is 0. The van der Waals surface area contributed by atoms with Gasteiger partial charge in [-0.1, -0.05) is 12.1 Å². The molecule has 0 saturated heterocycles. The van der Waals surface area contributed by atoms with E-state index >= 15 is 0 Å². The smallest absolute Gasteiger partial charge is 0.416 e. The van der Waals surface area contributed by atoms with Crippen molar-refractivity contribution in [2.75, 3.05) is 11.4 Å². The monoisotopic (exact) mass is 350 g/mol. The van der Waals surface area contributed by atoms with Crippen LogP contribution in [0.5, 0.6) is 5.88 Å². The summed E-state index contributed by atoms with van der Waals surface area (Å²) in [7, 11) is 0. The zero-order valence-corrected chi connectivity index (χ0v) is 13.7. The van der Waals surface area contributed by atoms with E-state index in [1.54, 1.807) is 30.2 Å². The van der Waals surface area contributed by atoms with Crippen molar-refractivity contribution in [3.63, 3.8) is 0 Å². The maximum Gasteiger partial charge on any atom is 0.416 e. The van der Waals surface area contributed by atoms with E-state index in [-0.39, 0.29) is 12.0 Å². The Kier molecular flexibility index (Phi) is 4.41. The average Bonchev–Trinajstić information content (AvgIpc) is 2.59. The molecule has 0 N–H and O–H groups in total. The fraction of sp³-hybridized carbons (Fsp3) is 0.333. The van der Waals surface area contributed by atoms with Crippen molar-refractivity contribution >= 4 is 11.6 Å². The van der Waals surface area contributed by atoms with Gasteiger partial charge < -0.3 is 9.64 Å². The lowest BCUT2D eigenvalue weighted by Gasteiger charge is -2.34. The second-order valence-corrected chi connectivity index (χ2v) is 6.05. The number of hydrogen-bond donors (Lipinski definition) is 0. The standard InChI is InChI=1S/C18H17F3N2O2/c1-11-10-23(15-4-3-9-22-16(15)25-11)17(24)12(2)13-5-7-14(8-6-13)18(19,20)21/h3-9,11-12H,10H2,1-2H3. The van der Waals surface area contributed by atoms with Gasteiger partial charge >= 0.3 is 6.18 Å². The highest BCUT2D eigenvalue weighted by molar-refractivity contribution is 5.99. The summed E-state index contributed by atoms with van der Waals surface area (Å²) in [4.78, 5) is 18.6. The Labute approximate surface area is 143 Å². The molecule has 0 bridgehead atoms. The Morgan fingerprint density at radius 1 is 1.28 bits per heavy atom. The number of amides is 1. The minimum atomic E-state index is -4.39. The maximum atomic E-state index is 12.9. The molecule has 2 heterocycles. The first-order chi connectivity index (χ1) is 11.8. The number of hydrogen-bond acceptors (Lipinski definition) is 3. The number of halogens is 3. The highest BCUT2D eigenvalue weighted by Crippen LogP contribution is 2.34. The number of rotatable bonds is 2. The molecule has 0 radical (unpaired) electrons. The lowest BCUT2D eigenvalue weighted by molar-refractivity contribution is -0.137. The van der Waals surface area contributed by atoms with Gasteiger partial charge in [-0.05, 0) is 43.7 Å². The summed E-state index contributed by atoms with van der Waals surface area (Å²) < 4.78 is 43.7. The number of carbonyl (C=O) groups excluding carboxylic acids is 1. The molecule has 2 aromatic rings. The largest absolute Gasteiger partial charge is 0.471 e. The fourth-order valence-corrected chi connectivity index (χ4v) is 2.81. The van der Waals surface area contributed by atoms with Crippen molar-refractivity contribution in [3.8, 4) is 5.88 Å². The zero-order chi connectivity index (χ0) is 18.2. The van der Waals surface area contributed by atoms with Gasteiger partial charge in [0.1, 0.15) is 11.8 Å². The second-order valence-electron chi connectivity index (χ2n) is 6.05. The Morgan fingerprint density at radius 3 is 2.60 bits per heavy atom. The summed E-state index contributed by atoms with van der Waals surface area (Å²) in [5, 5.41) is 0. The molecule has 1 aliphatic rings. The average molecular weight is 350 g/mol. The summed E-state index contributed by atoms with van der Waals surface area (Å²) in [6.07, 6.45) is -3.03. The Morgan fingerprint density at radius 2 is 1.96 bits per heavy atom. The summed E-state index contributed by atoms with van der Waals surface area (Å²) in [5.41, 5.74) is 0.373. The number of fused-ring (bicyclic) bond motifs is 1. The molecule has 25 heavy (non-hydrogen) atoms. The van der Waals surface area contributed by atoms with Crippen molar-refractivity contribution in [1.82, 2.24) is 4.98 Å². The van der Waals surface area contributed by atoms with Gasteiger partial charge in [-0.2, -0.15) is 13.2 Å². The highest BCUT2D eigenvalue weighted by Gasteiger charge is 2.33. The van der Waals surface area contributed by atoms with Crippen LogP contribution in [0.15, 0.2) is 42.6 Å². The predicted molar refractivity (Wildman–Crippen MR) is 86.5 cm³/mol. The van der Waals surface area contributed by atoms with Gasteiger partial charge in [0.2, 0.25) is 11.8 Å². The van der Waals surface area contributed by atoms with Crippen LogP contribution in [-0.2, 0) is 11.0 Å². The summed E-state index contributed by atoms with van der Waals surface area (Å²) in [6.45, 7) is 3.88. The molecule has 0 spiro atoms. The molecule has 1 amide bonds. The molecule has 4 nitrogen and oxygen atoms in total. The van der Waals surface area contributed by atoms with Crippen molar-refractivity contribution in [2.24, 2.45) is 0 Å². The molecule has 0 fully saturated rings. The normalized spacial score (nSPS) is 18.3. The van der Waals surface area contributed by atoms with Gasteiger partial charge in [-0.3, -0.25) is 4.79 Å². The van der Waals surface area contributed by atoms with E-state index < -0.39 is 17.7 Å². The molecular formula is C18H17F3N2O2. The number of carbonyl (C=O) groups is 1. The number of anilines is 1. The Balaban J connectivity index is 1.86. The number of benzene rings is 1. The van der Waals surface area contributed by atoms with E-state index in [4.69, 9.17) is 4.74 Å². The molecule has 0 aliphatic carbocycles. The van der Waals surface area contributed by atoms with Crippen molar-refractivity contribution < 1.29 is 22.7 Å². The third-order valence-electron chi connectivity index (χ3n) is 4.17. The van der Waals surface area contributed by atoms with Crippen LogP contribution in [0.25, 0.3) is 0 Å². The molecule has 2 unspecified atom stereocenters. The third-order valence-corrected chi connectivity index (χ3v) is 4.17. The number of alkyl halides is 3. The number of pyridine rings is 1. The topological polar surface area (TPSA) is 42.4 Å². The van der Waals surface area contributed by atoms with Gasteiger partial charge in [0.25, 0.3) is 0 Å². The van der Waals surface area contributed by atoms with Crippen molar-refractivity contribution in [2.45, 2.75) is 32.0 Å². The molecule has 0 saturated carbocycles. The SMILES string of the molecule is CC1CN(C(=O)C(C)c2ccc(C(F)(F)F)cc2)c2cccnc2O1. The lowest BCUT2D eigenvalue weighted by atomic mass is 9.97. The van der Waals surface area contributed by atoms with E-state index in [0.29, 0.717) is 23.7 Å². The van der Waals surface area contributed by atoms with E-state index in [1.165, 1.54) is 12.1 Å². The number of ether oxygens (including phenoxy) is 1. The predicted octanol–water partition coefficient (Wildman–Crippen LogP) is 4.02. The molecule has 1 aliphatic heterocycles. The van der Waals surface area contributed by atoms with Crippen LogP contribution in [0.4, 0.5) is 18.9 Å². The van der Waals surface area contributed by atoms with Gasteiger partial charge in [0.05, 0.1) is 18.0 Å². The quantitative estimate of drug-likeness (QED) is 0.822. The van der Waals surface area contributed by atoms with Crippen LogP contribution in [0.1, 0.15) is 30.9 Å². The number of nitrogens with zero attached hydrogens (tertiary/aromatic N) is 2. The van der Waals surface area contributed by atoms with Crippen LogP contribution in [0.2, 0.25) is 0 Å². The van der Waals surface area contributed by atoms with Crippen LogP contribution < -0.4 is 9.64 Å². The first-order valence-electron chi connectivity index (χ1n) is 7.87.